The Morgan fingerprint density at radius 3 is 1.80 bits per heavy atom. The number of halogens is 7. The standard InChI is InChI=1S/C9H4ClF6NO2S/c10-6-3-1-5(2-4-6)7(8(11,12)13)17-20(18,19)9(14,15)16/h1-4H/b17-7-. The van der Waals surface area contributed by atoms with Crippen LogP contribution in [0.2, 0.25) is 5.02 Å². The maximum Gasteiger partial charge on any atom is 0.518 e. The minimum atomic E-state index is -6.30. The molecule has 112 valence electrons. The highest BCUT2D eigenvalue weighted by Crippen LogP contribution is 2.29. The highest BCUT2D eigenvalue weighted by molar-refractivity contribution is 7.91. The average Bonchev–Trinajstić information content (AvgIpc) is 2.24. The summed E-state index contributed by atoms with van der Waals surface area (Å²) in [5.74, 6) is 0. The Kier molecular flexibility index (Phi) is 4.39. The van der Waals surface area contributed by atoms with Crippen LogP contribution in [0.1, 0.15) is 5.56 Å². The maximum atomic E-state index is 12.6. The summed E-state index contributed by atoms with van der Waals surface area (Å²) in [6.07, 6.45) is -5.38. The number of alkyl halides is 6. The van der Waals surface area contributed by atoms with E-state index in [1.165, 1.54) is 0 Å². The lowest BCUT2D eigenvalue weighted by Gasteiger charge is -2.11. The van der Waals surface area contributed by atoms with Crippen LogP contribution in [0.4, 0.5) is 26.3 Å². The van der Waals surface area contributed by atoms with Gasteiger partial charge in [-0.25, -0.2) is 0 Å². The first kappa shape index (κ1) is 16.8. The van der Waals surface area contributed by atoms with Crippen LogP contribution in [0, 0.1) is 0 Å². The SMILES string of the molecule is O=S(=O)(/N=C(/c1ccc(Cl)cc1)C(F)(F)F)C(F)(F)F. The van der Waals surface area contributed by atoms with Gasteiger partial charge in [0.25, 0.3) is 0 Å². The van der Waals surface area contributed by atoms with Crippen molar-refractivity contribution in [1.29, 1.82) is 0 Å². The van der Waals surface area contributed by atoms with E-state index < -0.39 is 33.0 Å². The van der Waals surface area contributed by atoms with Crippen LogP contribution in [-0.4, -0.2) is 25.8 Å². The summed E-state index contributed by atoms with van der Waals surface area (Å²) in [5.41, 5.74) is -8.95. The van der Waals surface area contributed by atoms with Crippen LogP contribution in [0.5, 0.6) is 0 Å². The first-order valence-electron chi connectivity index (χ1n) is 4.59. The predicted molar refractivity (Wildman–Crippen MR) is 59.0 cm³/mol. The lowest BCUT2D eigenvalue weighted by molar-refractivity contribution is -0.0582. The van der Waals surface area contributed by atoms with E-state index in [1.54, 1.807) is 0 Å². The van der Waals surface area contributed by atoms with E-state index in [0.717, 1.165) is 12.1 Å². The van der Waals surface area contributed by atoms with Gasteiger partial charge in [0.15, 0.2) is 5.71 Å². The van der Waals surface area contributed by atoms with Crippen LogP contribution >= 0.6 is 11.6 Å². The minimum Gasteiger partial charge on any atom is -0.195 e. The van der Waals surface area contributed by atoms with E-state index in [2.05, 4.69) is 0 Å². The predicted octanol–water partition coefficient (Wildman–Crippen LogP) is 3.54. The van der Waals surface area contributed by atoms with Crippen molar-refractivity contribution in [2.45, 2.75) is 11.7 Å². The third-order valence-corrected chi connectivity index (χ3v) is 3.15. The van der Waals surface area contributed by atoms with Gasteiger partial charge < -0.3 is 0 Å². The zero-order valence-electron chi connectivity index (χ0n) is 9.13. The van der Waals surface area contributed by atoms with Crippen molar-refractivity contribution in [3.8, 4) is 0 Å². The Balaban J connectivity index is 3.47. The summed E-state index contributed by atoms with van der Waals surface area (Å²) >= 11 is 5.42. The molecule has 0 aliphatic heterocycles. The molecule has 20 heavy (non-hydrogen) atoms. The van der Waals surface area contributed by atoms with Gasteiger partial charge in [0.05, 0.1) is 0 Å². The number of nitrogens with zero attached hydrogens (tertiary/aromatic N) is 1. The summed E-state index contributed by atoms with van der Waals surface area (Å²) in [6, 6.07) is 3.33. The molecule has 0 aromatic heterocycles. The number of benzene rings is 1. The molecule has 0 amide bonds. The van der Waals surface area contributed by atoms with E-state index in [-0.39, 0.29) is 5.02 Å². The molecule has 0 aliphatic rings. The Bertz CT molecular complexity index is 617. The molecule has 11 heteroatoms. The summed E-state index contributed by atoms with van der Waals surface area (Å²) in [5, 5.41) is 0.0222. The largest absolute Gasteiger partial charge is 0.518 e. The molecule has 0 atom stereocenters. The number of hydrogen-bond acceptors (Lipinski definition) is 2. The van der Waals surface area contributed by atoms with Gasteiger partial charge in [-0.05, 0) is 12.1 Å². The van der Waals surface area contributed by atoms with Gasteiger partial charge in [-0.2, -0.15) is 39.2 Å². The molecule has 0 fully saturated rings. The second-order valence-electron chi connectivity index (χ2n) is 3.37. The Hall–Kier alpha value is -1.29. The van der Waals surface area contributed by atoms with Crippen molar-refractivity contribution < 1.29 is 34.8 Å². The number of hydrogen-bond donors (Lipinski definition) is 0. The molecule has 0 unspecified atom stereocenters. The molecule has 0 saturated heterocycles. The monoisotopic (exact) mass is 339 g/mol. The Morgan fingerprint density at radius 1 is 1.00 bits per heavy atom. The first-order chi connectivity index (χ1) is 8.84. The highest BCUT2D eigenvalue weighted by atomic mass is 35.5. The van der Waals surface area contributed by atoms with Gasteiger partial charge in [0.1, 0.15) is 0 Å². The van der Waals surface area contributed by atoms with Gasteiger partial charge >= 0.3 is 21.7 Å². The lowest BCUT2D eigenvalue weighted by Crippen LogP contribution is -2.29. The topological polar surface area (TPSA) is 46.5 Å². The van der Waals surface area contributed by atoms with Crippen LogP contribution in [-0.2, 0) is 10.0 Å². The third-order valence-electron chi connectivity index (χ3n) is 1.89. The smallest absolute Gasteiger partial charge is 0.195 e. The summed E-state index contributed by atoms with van der Waals surface area (Å²) in [6.45, 7) is 0. The van der Waals surface area contributed by atoms with Gasteiger partial charge in [-0.15, -0.1) is 0 Å². The van der Waals surface area contributed by atoms with Gasteiger partial charge in [-0.3, -0.25) is 0 Å². The van der Waals surface area contributed by atoms with E-state index in [0.29, 0.717) is 12.1 Å². The van der Waals surface area contributed by atoms with Crippen molar-refractivity contribution in [2.75, 3.05) is 0 Å². The van der Waals surface area contributed by atoms with Crippen molar-refractivity contribution in [2.24, 2.45) is 4.40 Å². The fourth-order valence-corrected chi connectivity index (χ4v) is 1.73. The third kappa shape index (κ3) is 3.85. The first-order valence-corrected chi connectivity index (χ1v) is 6.41. The Morgan fingerprint density at radius 2 is 1.45 bits per heavy atom. The second kappa shape index (κ2) is 5.24. The zero-order valence-corrected chi connectivity index (χ0v) is 10.7. The number of rotatable bonds is 2. The van der Waals surface area contributed by atoms with Crippen LogP contribution in [0.15, 0.2) is 28.7 Å². The molecule has 1 aromatic rings. The molecule has 1 aromatic carbocycles. The lowest BCUT2D eigenvalue weighted by atomic mass is 10.1. The van der Waals surface area contributed by atoms with Gasteiger partial charge in [-0.1, -0.05) is 23.7 Å². The van der Waals surface area contributed by atoms with E-state index in [9.17, 15) is 34.8 Å². The molecule has 0 saturated carbocycles. The Labute approximate surface area is 113 Å². The van der Waals surface area contributed by atoms with E-state index >= 15 is 0 Å². The summed E-state index contributed by atoms with van der Waals surface area (Å²) in [4.78, 5) is 0. The van der Waals surface area contributed by atoms with Crippen molar-refractivity contribution in [3.63, 3.8) is 0 Å². The highest BCUT2D eigenvalue weighted by Gasteiger charge is 2.49. The van der Waals surface area contributed by atoms with Crippen molar-refractivity contribution in [1.82, 2.24) is 0 Å². The van der Waals surface area contributed by atoms with E-state index in [1.807, 2.05) is 4.40 Å². The fraction of sp³-hybridized carbons (Fsp3) is 0.222. The van der Waals surface area contributed by atoms with Crippen LogP contribution < -0.4 is 0 Å². The summed E-state index contributed by atoms with van der Waals surface area (Å²) in [7, 11) is -6.30. The van der Waals surface area contributed by atoms with Crippen LogP contribution in [0.3, 0.4) is 0 Å². The van der Waals surface area contributed by atoms with Gasteiger partial charge in [0, 0.05) is 10.6 Å². The summed E-state index contributed by atoms with van der Waals surface area (Å²) < 4.78 is 97.4. The van der Waals surface area contributed by atoms with Crippen LogP contribution in [0.25, 0.3) is 0 Å². The zero-order chi connectivity index (χ0) is 15.8. The van der Waals surface area contributed by atoms with Crippen molar-refractivity contribution in [3.05, 3.63) is 34.9 Å². The van der Waals surface area contributed by atoms with Gasteiger partial charge in [0.2, 0.25) is 0 Å². The normalized spacial score (nSPS) is 14.4. The fourth-order valence-electron chi connectivity index (χ4n) is 1.05. The molecule has 0 radical (unpaired) electrons. The maximum absolute atomic E-state index is 12.6. The molecular weight excluding hydrogens is 336 g/mol. The molecule has 0 N–H and O–H groups in total. The molecule has 0 heterocycles. The molecule has 0 aliphatic carbocycles. The molecule has 0 bridgehead atoms. The minimum absolute atomic E-state index is 0.0222. The number of sulfonamides is 1. The quantitative estimate of drug-likeness (QED) is 0.611. The van der Waals surface area contributed by atoms with Crippen molar-refractivity contribution >= 4 is 27.3 Å². The molecule has 3 nitrogen and oxygen atoms in total. The average molecular weight is 340 g/mol. The molecule has 0 spiro atoms. The second-order valence-corrected chi connectivity index (χ2v) is 5.40. The molecule has 1 rings (SSSR count). The van der Waals surface area contributed by atoms with E-state index in [4.69, 9.17) is 11.6 Å². The molecular formula is C9H4ClF6NO2S.